The molecule has 3 aromatic rings. The lowest BCUT2D eigenvalue weighted by molar-refractivity contribution is -0.137. The van der Waals surface area contributed by atoms with Gasteiger partial charge in [0, 0.05) is 12.0 Å². The molecular formula is C22H23N3O4S. The summed E-state index contributed by atoms with van der Waals surface area (Å²) >= 11 is 1.16. The average Bonchev–Trinajstić information content (AvgIpc) is 2.71. The molecule has 30 heavy (non-hydrogen) atoms. The average molecular weight is 426 g/mol. The molecule has 2 aromatic heterocycles. The van der Waals surface area contributed by atoms with Crippen molar-refractivity contribution in [1.29, 1.82) is 0 Å². The van der Waals surface area contributed by atoms with Gasteiger partial charge >= 0.3 is 5.97 Å². The third-order valence-electron chi connectivity index (χ3n) is 5.05. The number of carbonyl (C=O) groups is 1. The summed E-state index contributed by atoms with van der Waals surface area (Å²) in [7, 11) is 1.33. The van der Waals surface area contributed by atoms with E-state index in [2.05, 4.69) is 4.98 Å². The number of carbonyl (C=O) groups excluding carboxylic acids is 1. The number of pyridine rings is 1. The molecule has 0 fully saturated rings. The first kappa shape index (κ1) is 20.6. The second-order valence-electron chi connectivity index (χ2n) is 7.93. The summed E-state index contributed by atoms with van der Waals surface area (Å²) in [5.41, 5.74) is 3.41. The SMILES string of the molecule is COC(=O)CSc1nc2nc3c(cc2c(=O)n1-c1ccc(C)cc1)COC(C)(C)C3. The van der Waals surface area contributed by atoms with E-state index in [4.69, 9.17) is 14.5 Å². The van der Waals surface area contributed by atoms with Gasteiger partial charge in [-0.25, -0.2) is 9.97 Å². The zero-order valence-corrected chi connectivity index (χ0v) is 18.2. The maximum Gasteiger partial charge on any atom is 0.316 e. The quantitative estimate of drug-likeness (QED) is 0.361. The summed E-state index contributed by atoms with van der Waals surface area (Å²) in [6.45, 7) is 6.43. The summed E-state index contributed by atoms with van der Waals surface area (Å²) in [5.74, 6) is -0.339. The topological polar surface area (TPSA) is 83.3 Å². The monoisotopic (exact) mass is 425 g/mol. The van der Waals surface area contributed by atoms with Crippen molar-refractivity contribution in [3.05, 3.63) is 57.5 Å². The molecule has 1 aromatic carbocycles. The Bertz CT molecular complexity index is 1190. The van der Waals surface area contributed by atoms with Gasteiger partial charge in [-0.1, -0.05) is 29.5 Å². The van der Waals surface area contributed by atoms with Crippen LogP contribution >= 0.6 is 11.8 Å². The molecule has 3 heterocycles. The number of esters is 1. The van der Waals surface area contributed by atoms with Gasteiger partial charge in [-0.3, -0.25) is 14.2 Å². The van der Waals surface area contributed by atoms with E-state index in [-0.39, 0.29) is 22.9 Å². The van der Waals surface area contributed by atoms with Crippen LogP contribution in [-0.4, -0.2) is 39.0 Å². The van der Waals surface area contributed by atoms with E-state index in [1.54, 1.807) is 0 Å². The fourth-order valence-corrected chi connectivity index (χ4v) is 4.21. The maximum absolute atomic E-state index is 13.5. The Hall–Kier alpha value is -2.71. The first-order valence-electron chi connectivity index (χ1n) is 9.63. The number of thioether (sulfide) groups is 1. The van der Waals surface area contributed by atoms with Gasteiger partial charge in [0.2, 0.25) is 0 Å². The Morgan fingerprint density at radius 3 is 2.70 bits per heavy atom. The molecule has 0 spiro atoms. The Morgan fingerprint density at radius 1 is 1.27 bits per heavy atom. The molecular weight excluding hydrogens is 402 g/mol. The Morgan fingerprint density at radius 2 is 2.00 bits per heavy atom. The minimum absolute atomic E-state index is 0.0477. The van der Waals surface area contributed by atoms with Gasteiger partial charge < -0.3 is 9.47 Å². The second kappa shape index (κ2) is 7.85. The van der Waals surface area contributed by atoms with Gasteiger partial charge in [-0.05, 0) is 39.0 Å². The number of ether oxygens (including phenoxy) is 2. The largest absolute Gasteiger partial charge is 0.468 e. The molecule has 0 aliphatic carbocycles. The number of methoxy groups -OCH3 is 1. The molecule has 0 N–H and O–H groups in total. The second-order valence-corrected chi connectivity index (χ2v) is 8.87. The molecule has 0 saturated heterocycles. The van der Waals surface area contributed by atoms with Crippen molar-refractivity contribution < 1.29 is 14.3 Å². The van der Waals surface area contributed by atoms with Crippen molar-refractivity contribution in [2.75, 3.05) is 12.9 Å². The maximum atomic E-state index is 13.5. The summed E-state index contributed by atoms with van der Waals surface area (Å²) < 4.78 is 12.2. The van der Waals surface area contributed by atoms with Gasteiger partial charge in [0.05, 0.1) is 41.8 Å². The summed E-state index contributed by atoms with van der Waals surface area (Å²) in [6, 6.07) is 9.43. The minimum Gasteiger partial charge on any atom is -0.468 e. The first-order chi connectivity index (χ1) is 14.3. The molecule has 8 heteroatoms. The number of aryl methyl sites for hydroxylation is 1. The molecule has 1 aliphatic rings. The third-order valence-corrected chi connectivity index (χ3v) is 5.96. The number of rotatable bonds is 4. The molecule has 156 valence electrons. The Labute approximate surface area is 178 Å². The van der Waals surface area contributed by atoms with Crippen LogP contribution in [0.25, 0.3) is 16.7 Å². The van der Waals surface area contributed by atoms with Crippen LogP contribution in [0.2, 0.25) is 0 Å². The van der Waals surface area contributed by atoms with E-state index < -0.39 is 0 Å². The van der Waals surface area contributed by atoms with Crippen molar-refractivity contribution in [2.45, 2.75) is 44.6 Å². The van der Waals surface area contributed by atoms with Crippen LogP contribution < -0.4 is 5.56 Å². The zero-order chi connectivity index (χ0) is 21.5. The van der Waals surface area contributed by atoms with Crippen molar-refractivity contribution in [3.63, 3.8) is 0 Å². The van der Waals surface area contributed by atoms with Crippen molar-refractivity contribution >= 4 is 28.8 Å². The third kappa shape index (κ3) is 3.97. The lowest BCUT2D eigenvalue weighted by Crippen LogP contribution is -2.33. The summed E-state index contributed by atoms with van der Waals surface area (Å²) in [5, 5.41) is 0.834. The predicted octanol–water partition coefficient (Wildman–Crippen LogP) is 3.21. The number of hydrogen-bond donors (Lipinski definition) is 0. The lowest BCUT2D eigenvalue weighted by atomic mass is 9.95. The number of benzene rings is 1. The van der Waals surface area contributed by atoms with E-state index >= 15 is 0 Å². The van der Waals surface area contributed by atoms with Crippen LogP contribution in [0, 0.1) is 6.92 Å². The summed E-state index contributed by atoms with van der Waals surface area (Å²) in [4.78, 5) is 34.5. The molecule has 1 aliphatic heterocycles. The van der Waals surface area contributed by atoms with Gasteiger partial charge in [0.1, 0.15) is 0 Å². The van der Waals surface area contributed by atoms with E-state index in [0.29, 0.717) is 34.9 Å². The Kier molecular flexibility index (Phi) is 5.38. The summed E-state index contributed by atoms with van der Waals surface area (Å²) in [6.07, 6.45) is 0.644. The van der Waals surface area contributed by atoms with E-state index in [1.165, 1.54) is 11.7 Å². The molecule has 0 radical (unpaired) electrons. The standard InChI is InChI=1S/C22H23N3O4S/c1-13-5-7-15(8-6-13)25-20(27)16-9-14-11-29-22(2,3)10-17(14)23-19(16)24-21(25)30-12-18(26)28-4/h5-9H,10-12H2,1-4H3. The number of hydrogen-bond acceptors (Lipinski definition) is 7. The van der Waals surface area contributed by atoms with Gasteiger partial charge in [-0.15, -0.1) is 0 Å². The van der Waals surface area contributed by atoms with Crippen LogP contribution in [0.3, 0.4) is 0 Å². The van der Waals surface area contributed by atoms with Crippen LogP contribution in [0.1, 0.15) is 30.7 Å². The predicted molar refractivity (Wildman–Crippen MR) is 115 cm³/mol. The van der Waals surface area contributed by atoms with E-state index in [0.717, 1.165) is 28.6 Å². The molecule has 0 amide bonds. The fraction of sp³-hybridized carbons (Fsp3) is 0.364. The van der Waals surface area contributed by atoms with Crippen molar-refractivity contribution in [1.82, 2.24) is 14.5 Å². The lowest BCUT2D eigenvalue weighted by Gasteiger charge is -2.31. The van der Waals surface area contributed by atoms with Crippen LogP contribution in [0.4, 0.5) is 0 Å². The van der Waals surface area contributed by atoms with Gasteiger partial charge in [0.25, 0.3) is 5.56 Å². The van der Waals surface area contributed by atoms with Gasteiger partial charge in [-0.2, -0.15) is 0 Å². The molecule has 7 nitrogen and oxygen atoms in total. The number of nitrogens with zero attached hydrogens (tertiary/aromatic N) is 3. The normalized spacial score (nSPS) is 15.1. The highest BCUT2D eigenvalue weighted by atomic mass is 32.2. The number of fused-ring (bicyclic) bond motifs is 2. The fourth-order valence-electron chi connectivity index (χ4n) is 3.38. The minimum atomic E-state index is -0.387. The van der Waals surface area contributed by atoms with Crippen molar-refractivity contribution in [3.8, 4) is 5.69 Å². The highest BCUT2D eigenvalue weighted by Gasteiger charge is 2.28. The Balaban J connectivity index is 1.91. The zero-order valence-electron chi connectivity index (χ0n) is 17.4. The van der Waals surface area contributed by atoms with Crippen LogP contribution in [0.5, 0.6) is 0 Å². The molecule has 0 bridgehead atoms. The van der Waals surface area contributed by atoms with Crippen LogP contribution in [-0.2, 0) is 27.3 Å². The van der Waals surface area contributed by atoms with Crippen LogP contribution in [0.15, 0.2) is 40.3 Å². The molecule has 0 saturated carbocycles. The van der Waals surface area contributed by atoms with Crippen molar-refractivity contribution in [2.24, 2.45) is 0 Å². The highest BCUT2D eigenvalue weighted by molar-refractivity contribution is 7.99. The molecule has 4 rings (SSSR count). The number of aromatic nitrogens is 3. The first-order valence-corrected chi connectivity index (χ1v) is 10.6. The van der Waals surface area contributed by atoms with E-state index in [9.17, 15) is 9.59 Å². The molecule has 0 atom stereocenters. The van der Waals surface area contributed by atoms with Gasteiger partial charge in [0.15, 0.2) is 10.8 Å². The smallest absolute Gasteiger partial charge is 0.316 e. The van der Waals surface area contributed by atoms with E-state index in [1.807, 2.05) is 51.1 Å². The highest BCUT2D eigenvalue weighted by Crippen LogP contribution is 2.29. The molecule has 0 unspecified atom stereocenters.